The van der Waals surface area contributed by atoms with Crippen LogP contribution in [-0.4, -0.2) is 16.4 Å². The van der Waals surface area contributed by atoms with Crippen molar-refractivity contribution in [3.63, 3.8) is 0 Å². The van der Waals surface area contributed by atoms with Gasteiger partial charge >= 0.3 is 0 Å². The van der Waals surface area contributed by atoms with Crippen molar-refractivity contribution in [3.05, 3.63) is 35.5 Å². The lowest BCUT2D eigenvalue weighted by Crippen LogP contribution is -2.40. The fraction of sp³-hybridized carbons (Fsp3) is 0.412. The van der Waals surface area contributed by atoms with Gasteiger partial charge in [-0.15, -0.1) is 0 Å². The minimum Gasteiger partial charge on any atom is -0.398 e. The quantitative estimate of drug-likeness (QED) is 0.915. The minimum atomic E-state index is -1.81. The molecule has 1 aromatic heterocycles. The van der Waals surface area contributed by atoms with Crippen LogP contribution in [0.3, 0.4) is 0 Å². The van der Waals surface area contributed by atoms with Crippen molar-refractivity contribution in [3.8, 4) is 0 Å². The van der Waals surface area contributed by atoms with Crippen molar-refractivity contribution in [2.75, 3.05) is 5.73 Å². The number of halogens is 1. The summed E-state index contributed by atoms with van der Waals surface area (Å²) >= 11 is 0. The van der Waals surface area contributed by atoms with Gasteiger partial charge in [0.1, 0.15) is 0 Å². The lowest BCUT2D eigenvalue weighted by Gasteiger charge is -2.31. The molecule has 2 N–H and O–H groups in total. The van der Waals surface area contributed by atoms with Crippen LogP contribution in [0.1, 0.15) is 42.7 Å². The number of benzene rings is 1. The predicted molar refractivity (Wildman–Crippen MR) is 82.1 cm³/mol. The fourth-order valence-corrected chi connectivity index (χ4v) is 3.22. The maximum absolute atomic E-state index is 15.0. The van der Waals surface area contributed by atoms with Crippen LogP contribution in [0.5, 0.6) is 0 Å². The molecule has 0 bridgehead atoms. The van der Waals surface area contributed by atoms with Crippen LogP contribution >= 0.6 is 0 Å². The topological polar surface area (TPSA) is 56.0 Å². The summed E-state index contributed by atoms with van der Waals surface area (Å²) in [5, 5.41) is 0.721. The number of carbonyl (C=O) groups excluding carboxylic acids is 1. The molecule has 1 aromatic carbocycles. The number of aryl methyl sites for hydroxylation is 1. The van der Waals surface area contributed by atoms with Gasteiger partial charge < -0.3 is 5.73 Å². The molecule has 1 aliphatic rings. The first-order valence-electron chi connectivity index (χ1n) is 7.33. The Morgan fingerprint density at radius 2 is 2.10 bits per heavy atom. The number of anilines is 1. The third kappa shape index (κ3) is 2.19. The molecule has 0 saturated heterocycles. The van der Waals surface area contributed by atoms with Crippen molar-refractivity contribution in [1.29, 1.82) is 0 Å². The molecule has 110 valence electrons. The number of carbonyl (C=O) groups is 1. The summed E-state index contributed by atoms with van der Waals surface area (Å²) in [5.74, 6) is -0.372. The first-order valence-corrected chi connectivity index (χ1v) is 7.33. The van der Waals surface area contributed by atoms with Crippen LogP contribution in [0, 0.1) is 5.92 Å². The first kappa shape index (κ1) is 14.0. The van der Waals surface area contributed by atoms with E-state index in [1.54, 1.807) is 0 Å². The molecule has 3 nitrogen and oxygen atoms in total. The van der Waals surface area contributed by atoms with Gasteiger partial charge in [-0.1, -0.05) is 32.0 Å². The average Bonchev–Trinajstić information content (AvgIpc) is 2.43. The maximum atomic E-state index is 15.0. The van der Waals surface area contributed by atoms with Gasteiger partial charge in [-0.2, -0.15) is 0 Å². The smallest absolute Gasteiger partial charge is 0.203 e. The van der Waals surface area contributed by atoms with Gasteiger partial charge in [0, 0.05) is 5.39 Å². The second kappa shape index (κ2) is 4.79. The summed E-state index contributed by atoms with van der Waals surface area (Å²) in [6, 6.07) is 7.41. The van der Waals surface area contributed by atoms with Crippen LogP contribution in [-0.2, 0) is 6.42 Å². The normalized spacial score (nSPS) is 21.8. The second-order valence-corrected chi connectivity index (χ2v) is 6.26. The number of aromatic nitrogens is 1. The molecule has 0 spiro atoms. The Kier molecular flexibility index (Phi) is 3.19. The zero-order chi connectivity index (χ0) is 15.2. The number of hydrogen-bond donors (Lipinski definition) is 1. The number of rotatable bonds is 2. The number of nitrogens with zero attached hydrogens (tertiary/aromatic N) is 1. The lowest BCUT2D eigenvalue weighted by atomic mass is 9.77. The van der Waals surface area contributed by atoms with E-state index >= 15 is 4.39 Å². The Hall–Kier alpha value is -1.97. The van der Waals surface area contributed by atoms with Gasteiger partial charge in [0.15, 0.2) is 5.67 Å². The van der Waals surface area contributed by atoms with E-state index < -0.39 is 11.5 Å². The van der Waals surface area contributed by atoms with Gasteiger partial charge in [0.25, 0.3) is 0 Å². The highest BCUT2D eigenvalue weighted by Gasteiger charge is 2.45. The Morgan fingerprint density at radius 1 is 1.38 bits per heavy atom. The fourth-order valence-electron chi connectivity index (χ4n) is 3.22. The first-order chi connectivity index (χ1) is 9.92. The SMILES string of the molecule is CC(C)CC1(F)CCc2nc3ccccc3c(N)c2C1=O. The molecule has 3 rings (SSSR count). The number of nitrogens with two attached hydrogens (primary N) is 1. The van der Waals surface area contributed by atoms with E-state index in [0.717, 1.165) is 10.9 Å². The molecule has 0 amide bonds. The number of ketones is 1. The highest BCUT2D eigenvalue weighted by molar-refractivity contribution is 6.12. The molecule has 0 saturated carbocycles. The number of pyridine rings is 1. The molecular formula is C17H19FN2O. The van der Waals surface area contributed by atoms with Crippen LogP contribution < -0.4 is 5.73 Å². The molecule has 4 heteroatoms. The van der Waals surface area contributed by atoms with Crippen molar-refractivity contribution >= 4 is 22.4 Å². The summed E-state index contributed by atoms with van der Waals surface area (Å²) in [5.41, 5.74) is 6.40. The maximum Gasteiger partial charge on any atom is 0.203 e. The van der Waals surface area contributed by atoms with E-state index in [1.165, 1.54) is 0 Å². The number of fused-ring (bicyclic) bond motifs is 2. The summed E-state index contributed by atoms with van der Waals surface area (Å²) in [4.78, 5) is 17.1. The summed E-state index contributed by atoms with van der Waals surface area (Å²) < 4.78 is 15.0. The summed E-state index contributed by atoms with van der Waals surface area (Å²) in [6.07, 6.45) is 0.888. The molecule has 21 heavy (non-hydrogen) atoms. The lowest BCUT2D eigenvalue weighted by molar-refractivity contribution is 0.0571. The number of para-hydroxylation sites is 1. The minimum absolute atomic E-state index is 0.121. The zero-order valence-corrected chi connectivity index (χ0v) is 12.3. The Morgan fingerprint density at radius 3 is 2.81 bits per heavy atom. The molecule has 1 heterocycles. The Balaban J connectivity index is 2.17. The molecule has 1 atom stereocenters. The van der Waals surface area contributed by atoms with Gasteiger partial charge in [0.2, 0.25) is 5.78 Å². The molecule has 0 radical (unpaired) electrons. The van der Waals surface area contributed by atoms with Gasteiger partial charge in [0.05, 0.1) is 22.5 Å². The molecule has 1 unspecified atom stereocenters. The molecule has 0 fully saturated rings. The van der Waals surface area contributed by atoms with Crippen LogP contribution in [0.4, 0.5) is 10.1 Å². The average molecular weight is 286 g/mol. The summed E-state index contributed by atoms with van der Waals surface area (Å²) in [6.45, 7) is 3.85. The third-order valence-electron chi connectivity index (χ3n) is 4.13. The molecule has 0 aliphatic heterocycles. The van der Waals surface area contributed by atoms with E-state index in [1.807, 2.05) is 38.1 Å². The van der Waals surface area contributed by atoms with Crippen LogP contribution in [0.2, 0.25) is 0 Å². The standard InChI is InChI=1S/C17H19FN2O/c1-10(2)9-17(18)8-7-13-14(16(17)21)15(19)11-5-3-4-6-12(11)20-13/h3-6,10H,7-9H2,1-2H3,(H2,19,20). The van der Waals surface area contributed by atoms with Crippen molar-refractivity contribution in [2.45, 2.75) is 38.8 Å². The van der Waals surface area contributed by atoms with E-state index in [0.29, 0.717) is 23.4 Å². The van der Waals surface area contributed by atoms with Crippen LogP contribution in [0.15, 0.2) is 24.3 Å². The van der Waals surface area contributed by atoms with E-state index in [-0.39, 0.29) is 18.8 Å². The van der Waals surface area contributed by atoms with Crippen LogP contribution in [0.25, 0.3) is 10.9 Å². The second-order valence-electron chi connectivity index (χ2n) is 6.26. The number of hydrogen-bond acceptors (Lipinski definition) is 3. The van der Waals surface area contributed by atoms with E-state index in [4.69, 9.17) is 5.73 Å². The highest BCUT2D eigenvalue weighted by atomic mass is 19.1. The van der Waals surface area contributed by atoms with Crippen molar-refractivity contribution in [2.24, 2.45) is 5.92 Å². The van der Waals surface area contributed by atoms with Crippen molar-refractivity contribution < 1.29 is 9.18 Å². The third-order valence-corrected chi connectivity index (χ3v) is 4.13. The molecule has 2 aromatic rings. The number of alkyl halides is 1. The Labute approximate surface area is 123 Å². The van der Waals surface area contributed by atoms with Gasteiger partial charge in [-0.25, -0.2) is 4.39 Å². The highest BCUT2D eigenvalue weighted by Crippen LogP contribution is 2.39. The number of nitrogen functional groups attached to an aromatic ring is 1. The van der Waals surface area contributed by atoms with E-state index in [2.05, 4.69) is 4.98 Å². The Bertz CT molecular complexity index is 726. The van der Waals surface area contributed by atoms with E-state index in [9.17, 15) is 4.79 Å². The van der Waals surface area contributed by atoms with Gasteiger partial charge in [-0.3, -0.25) is 9.78 Å². The monoisotopic (exact) mass is 286 g/mol. The molecule has 1 aliphatic carbocycles. The zero-order valence-electron chi connectivity index (χ0n) is 12.3. The largest absolute Gasteiger partial charge is 0.398 e. The predicted octanol–water partition coefficient (Wildman–Crippen LogP) is 3.70. The molecular weight excluding hydrogens is 267 g/mol. The van der Waals surface area contributed by atoms with Crippen molar-refractivity contribution in [1.82, 2.24) is 4.98 Å². The van der Waals surface area contributed by atoms with Gasteiger partial charge in [-0.05, 0) is 31.2 Å². The summed E-state index contributed by atoms with van der Waals surface area (Å²) in [7, 11) is 0. The number of Topliss-reactive ketones (excluding diaryl/α,β-unsaturated/α-hetero) is 1.